The van der Waals surface area contributed by atoms with Gasteiger partial charge in [0.2, 0.25) is 0 Å². The number of carbonyl (C=O) groups is 1. The first kappa shape index (κ1) is 17.5. The van der Waals surface area contributed by atoms with E-state index in [1.165, 1.54) is 5.56 Å². The summed E-state index contributed by atoms with van der Waals surface area (Å²) in [6.07, 6.45) is 12.2. The van der Waals surface area contributed by atoms with Gasteiger partial charge in [0.25, 0.3) is 0 Å². The zero-order chi connectivity index (χ0) is 17.6. The highest BCUT2D eigenvalue weighted by Gasteiger charge is 2.18. The number of hydrogen-bond donors (Lipinski definition) is 0. The van der Waals surface area contributed by atoms with Crippen LogP contribution in [0.2, 0.25) is 0 Å². The van der Waals surface area contributed by atoms with Gasteiger partial charge in [-0.1, -0.05) is 36.4 Å². The van der Waals surface area contributed by atoms with Crippen molar-refractivity contribution in [1.82, 2.24) is 4.57 Å². The number of nitrogens with zero attached hydrogens (tertiary/aromatic N) is 1. The number of benzene rings is 1. The number of hydrogen-bond acceptors (Lipinski definition) is 2. The number of aromatic nitrogens is 1. The molecule has 3 rings (SSSR count). The Morgan fingerprint density at radius 3 is 2.52 bits per heavy atom. The second kappa shape index (κ2) is 8.19. The summed E-state index contributed by atoms with van der Waals surface area (Å²) in [6.45, 7) is 4.88. The molecule has 0 aliphatic heterocycles. The topological polar surface area (TPSA) is 31.2 Å². The van der Waals surface area contributed by atoms with Crippen molar-refractivity contribution < 1.29 is 9.53 Å². The van der Waals surface area contributed by atoms with Crippen molar-refractivity contribution in [3.63, 3.8) is 0 Å². The van der Waals surface area contributed by atoms with E-state index < -0.39 is 0 Å². The van der Waals surface area contributed by atoms with Crippen molar-refractivity contribution >= 4 is 12.0 Å². The van der Waals surface area contributed by atoms with Crippen molar-refractivity contribution in [2.75, 3.05) is 6.61 Å². The summed E-state index contributed by atoms with van der Waals surface area (Å²) in [5.41, 5.74) is 3.73. The van der Waals surface area contributed by atoms with Crippen LogP contribution < -0.4 is 0 Å². The molecule has 0 amide bonds. The zero-order valence-electron chi connectivity index (χ0n) is 14.6. The lowest BCUT2D eigenvalue weighted by atomic mass is 10.1. The van der Waals surface area contributed by atoms with Gasteiger partial charge in [0.1, 0.15) is 0 Å². The van der Waals surface area contributed by atoms with E-state index in [2.05, 4.69) is 35.6 Å². The van der Waals surface area contributed by atoms with Crippen LogP contribution in [0.5, 0.6) is 0 Å². The predicted octanol–water partition coefficient (Wildman–Crippen LogP) is 4.44. The van der Waals surface area contributed by atoms with E-state index in [4.69, 9.17) is 4.74 Å². The van der Waals surface area contributed by atoms with Gasteiger partial charge in [-0.15, -0.1) is 0 Å². The van der Waals surface area contributed by atoms with Crippen LogP contribution in [-0.2, 0) is 11.3 Å². The molecule has 1 aliphatic carbocycles. The molecule has 3 nitrogen and oxygen atoms in total. The molecule has 1 heterocycles. The van der Waals surface area contributed by atoms with Gasteiger partial charge < -0.3 is 9.30 Å². The van der Waals surface area contributed by atoms with E-state index in [9.17, 15) is 4.79 Å². The summed E-state index contributed by atoms with van der Waals surface area (Å²) in [5, 5.41) is 0. The molecule has 2 aromatic rings. The minimum absolute atomic E-state index is 0.269. The quantitative estimate of drug-likeness (QED) is 0.732. The molecule has 0 N–H and O–H groups in total. The van der Waals surface area contributed by atoms with Gasteiger partial charge in [-0.3, -0.25) is 0 Å². The molecule has 0 bridgehead atoms. The van der Waals surface area contributed by atoms with Crippen molar-refractivity contribution in [3.8, 4) is 0 Å². The maximum atomic E-state index is 12.3. The van der Waals surface area contributed by atoms with Gasteiger partial charge in [0, 0.05) is 23.9 Å². The van der Waals surface area contributed by atoms with Crippen LogP contribution in [0, 0.1) is 38.5 Å². The lowest BCUT2D eigenvalue weighted by molar-refractivity contribution is 0.0525. The Morgan fingerprint density at radius 1 is 1.12 bits per heavy atom. The van der Waals surface area contributed by atoms with Gasteiger partial charge >= 0.3 is 5.97 Å². The fourth-order valence-corrected chi connectivity index (χ4v) is 2.88. The summed E-state index contributed by atoms with van der Waals surface area (Å²) < 4.78 is 7.36. The first-order chi connectivity index (χ1) is 12.2. The maximum Gasteiger partial charge on any atom is 0.339 e. The van der Waals surface area contributed by atoms with Gasteiger partial charge in [-0.2, -0.15) is 0 Å². The van der Waals surface area contributed by atoms with Gasteiger partial charge in [0.05, 0.1) is 12.2 Å². The molecule has 25 heavy (non-hydrogen) atoms. The van der Waals surface area contributed by atoms with Crippen LogP contribution in [0.3, 0.4) is 0 Å². The maximum absolute atomic E-state index is 12.3. The number of esters is 1. The van der Waals surface area contributed by atoms with Crippen LogP contribution in [0.15, 0.2) is 42.5 Å². The van der Waals surface area contributed by atoms with Crippen LogP contribution in [0.1, 0.15) is 34.2 Å². The molecule has 0 unspecified atom stereocenters. The fraction of sp³-hybridized carbons (Fsp3) is 0.182. The van der Waals surface area contributed by atoms with E-state index in [0.29, 0.717) is 18.7 Å². The third kappa shape index (κ3) is 4.22. The van der Waals surface area contributed by atoms with E-state index in [0.717, 1.165) is 17.3 Å². The van der Waals surface area contributed by atoms with E-state index in [-0.39, 0.29) is 5.97 Å². The second-order valence-electron chi connectivity index (χ2n) is 5.91. The standard InChI is InChI=1S/C22H22NO2/c1-3-25-22(24)21-15-20(14-13-18-9-7-8-10-18)23(17(21)2)16-19-11-5-4-6-12-19/h4-15H,3,16H2,1-2H3/b14-13+. The van der Waals surface area contributed by atoms with Crippen molar-refractivity contribution in [2.45, 2.75) is 20.4 Å². The average Bonchev–Trinajstić information content (AvgIpc) is 3.24. The summed E-state index contributed by atoms with van der Waals surface area (Å²) in [6, 6.07) is 12.2. The minimum Gasteiger partial charge on any atom is -0.462 e. The molecule has 0 spiro atoms. The Kier molecular flexibility index (Phi) is 5.75. The molecular weight excluding hydrogens is 310 g/mol. The first-order valence-electron chi connectivity index (χ1n) is 8.50. The second-order valence-corrected chi connectivity index (χ2v) is 5.91. The Bertz CT molecular complexity index is 737. The monoisotopic (exact) mass is 332 g/mol. The predicted molar refractivity (Wildman–Crippen MR) is 100 cm³/mol. The number of carbonyl (C=O) groups excluding carboxylic acids is 1. The lowest BCUT2D eigenvalue weighted by Crippen LogP contribution is -2.08. The Balaban J connectivity index is 1.92. The van der Waals surface area contributed by atoms with E-state index in [1.807, 2.05) is 57.0 Å². The normalized spacial score (nSPS) is 15.1. The highest BCUT2D eigenvalue weighted by molar-refractivity contribution is 5.91. The largest absolute Gasteiger partial charge is 0.462 e. The number of ether oxygens (including phenoxy) is 1. The summed E-state index contributed by atoms with van der Waals surface area (Å²) in [4.78, 5) is 12.3. The number of rotatable bonds is 6. The lowest BCUT2D eigenvalue weighted by Gasteiger charge is -2.11. The molecule has 3 heteroatoms. The fourth-order valence-electron chi connectivity index (χ4n) is 2.88. The van der Waals surface area contributed by atoms with Crippen LogP contribution in [-0.4, -0.2) is 17.1 Å². The summed E-state index contributed by atoms with van der Waals surface area (Å²) in [5.74, 6) is 0.873. The zero-order valence-corrected chi connectivity index (χ0v) is 14.6. The summed E-state index contributed by atoms with van der Waals surface area (Å²) in [7, 11) is 0. The highest BCUT2D eigenvalue weighted by atomic mass is 16.5. The molecule has 1 fully saturated rings. The SMILES string of the molecule is CCOC(=O)c1cc(/C=C/[C]2[CH][CH][CH][CH]2)n(Cc2ccccc2)c1C. The van der Waals surface area contributed by atoms with Crippen LogP contribution >= 0.6 is 0 Å². The Hall–Kier alpha value is -2.29. The molecule has 5 radical (unpaired) electrons. The van der Waals surface area contributed by atoms with Gasteiger partial charge in [0.15, 0.2) is 0 Å². The van der Waals surface area contributed by atoms with Crippen molar-refractivity contribution in [3.05, 3.63) is 96.6 Å². The summed E-state index contributed by atoms with van der Waals surface area (Å²) >= 11 is 0. The Morgan fingerprint density at radius 2 is 1.84 bits per heavy atom. The third-order valence-electron chi connectivity index (χ3n) is 4.21. The van der Waals surface area contributed by atoms with Crippen LogP contribution in [0.4, 0.5) is 0 Å². The average molecular weight is 332 g/mol. The van der Waals surface area contributed by atoms with Crippen molar-refractivity contribution in [2.24, 2.45) is 0 Å². The molecule has 1 saturated carbocycles. The van der Waals surface area contributed by atoms with Crippen molar-refractivity contribution in [1.29, 1.82) is 0 Å². The molecule has 1 aliphatic rings. The van der Waals surface area contributed by atoms with Gasteiger partial charge in [-0.25, -0.2) is 4.79 Å². The minimum atomic E-state index is -0.269. The van der Waals surface area contributed by atoms with Gasteiger partial charge in [-0.05, 0) is 57.2 Å². The van der Waals surface area contributed by atoms with E-state index in [1.54, 1.807) is 0 Å². The molecular formula is C22H22NO2. The van der Waals surface area contributed by atoms with E-state index >= 15 is 0 Å². The third-order valence-corrected chi connectivity index (χ3v) is 4.21. The molecule has 1 aromatic carbocycles. The van der Waals surface area contributed by atoms with Crippen LogP contribution in [0.25, 0.3) is 6.08 Å². The highest BCUT2D eigenvalue weighted by Crippen LogP contribution is 2.26. The number of allylic oxidation sites excluding steroid dienone is 1. The Labute approximate surface area is 150 Å². The first-order valence-corrected chi connectivity index (χ1v) is 8.50. The smallest absolute Gasteiger partial charge is 0.339 e. The molecule has 0 saturated heterocycles. The molecule has 1 aromatic heterocycles. The molecule has 0 atom stereocenters. The molecule has 127 valence electrons.